The largest absolute Gasteiger partial charge is 0.497 e. The van der Waals surface area contributed by atoms with E-state index in [1.807, 2.05) is 72.8 Å². The molecule has 1 N–H and O–H groups in total. The summed E-state index contributed by atoms with van der Waals surface area (Å²) in [6.45, 7) is 2.24. The van der Waals surface area contributed by atoms with E-state index >= 15 is 0 Å². The molecule has 4 rings (SSSR count). The molecule has 3 nitrogen and oxygen atoms in total. The Morgan fingerprint density at radius 3 is 2.19 bits per heavy atom. The fourth-order valence-electron chi connectivity index (χ4n) is 4.50. The molecule has 0 heterocycles. The first-order chi connectivity index (χ1) is 15.2. The van der Waals surface area contributed by atoms with Gasteiger partial charge in [0.05, 0.1) is 7.11 Å². The zero-order chi connectivity index (χ0) is 21.7. The third-order valence-electron chi connectivity index (χ3n) is 6.35. The average molecular weight is 434 g/mol. The van der Waals surface area contributed by atoms with Gasteiger partial charge in [-0.2, -0.15) is 0 Å². The van der Waals surface area contributed by atoms with Crippen LogP contribution in [0.5, 0.6) is 5.75 Å². The van der Waals surface area contributed by atoms with Gasteiger partial charge in [-0.1, -0.05) is 74.7 Å². The minimum Gasteiger partial charge on any atom is -0.497 e. The van der Waals surface area contributed by atoms with Crippen molar-refractivity contribution in [3.05, 3.63) is 90.5 Å². The molecular formula is C27H32NO2P. The van der Waals surface area contributed by atoms with Crippen molar-refractivity contribution in [2.24, 2.45) is 11.8 Å². The molecule has 0 radical (unpaired) electrons. The number of ether oxygens (including phenoxy) is 1. The summed E-state index contributed by atoms with van der Waals surface area (Å²) in [4.78, 5) is 0. The van der Waals surface area contributed by atoms with Gasteiger partial charge in [-0.3, -0.25) is 9.65 Å². The predicted molar refractivity (Wildman–Crippen MR) is 130 cm³/mol. The molecule has 162 valence electrons. The van der Waals surface area contributed by atoms with Crippen LogP contribution in [0.15, 0.2) is 84.9 Å². The van der Waals surface area contributed by atoms with E-state index in [1.54, 1.807) is 7.11 Å². The molecule has 0 bridgehead atoms. The molecular weight excluding hydrogens is 401 g/mol. The molecule has 0 aliphatic heterocycles. The summed E-state index contributed by atoms with van der Waals surface area (Å²) in [7, 11) is -1.33. The fraction of sp³-hybridized carbons (Fsp3) is 0.333. The van der Waals surface area contributed by atoms with E-state index in [4.69, 9.17) is 4.74 Å². The Morgan fingerprint density at radius 1 is 0.968 bits per heavy atom. The Balaban J connectivity index is 1.73. The lowest BCUT2D eigenvalue weighted by Gasteiger charge is -2.28. The van der Waals surface area contributed by atoms with E-state index in [0.29, 0.717) is 11.8 Å². The molecule has 31 heavy (non-hydrogen) atoms. The van der Waals surface area contributed by atoms with Crippen LogP contribution in [-0.4, -0.2) is 7.11 Å². The molecule has 4 heteroatoms. The Hall–Kier alpha value is -2.35. The third-order valence-corrected chi connectivity index (χ3v) is 9.04. The molecule has 1 saturated carbocycles. The molecule has 0 spiro atoms. The van der Waals surface area contributed by atoms with Crippen LogP contribution in [0.2, 0.25) is 0 Å². The second kappa shape index (κ2) is 9.85. The first-order valence-corrected chi connectivity index (χ1v) is 13.0. The highest BCUT2D eigenvalue weighted by Crippen LogP contribution is 2.54. The zero-order valence-electron chi connectivity index (χ0n) is 18.4. The molecule has 1 aliphatic carbocycles. The van der Waals surface area contributed by atoms with Crippen molar-refractivity contribution in [2.45, 2.75) is 38.6 Å². The Kier molecular flexibility index (Phi) is 6.95. The van der Waals surface area contributed by atoms with E-state index in [2.05, 4.69) is 24.1 Å². The number of benzene rings is 3. The maximum atomic E-state index is 14.7. The van der Waals surface area contributed by atoms with E-state index in [9.17, 15) is 4.57 Å². The summed E-state index contributed by atoms with van der Waals surface area (Å²) in [5.41, 5.74) is 1.15. The van der Waals surface area contributed by atoms with E-state index in [0.717, 1.165) is 21.9 Å². The van der Waals surface area contributed by atoms with Crippen molar-refractivity contribution in [3.63, 3.8) is 0 Å². The van der Waals surface area contributed by atoms with Gasteiger partial charge in [0.25, 0.3) is 0 Å². The molecule has 3 atom stereocenters. The van der Waals surface area contributed by atoms with Crippen LogP contribution in [0.3, 0.4) is 0 Å². The zero-order valence-corrected chi connectivity index (χ0v) is 19.3. The van der Waals surface area contributed by atoms with Gasteiger partial charge in [-0.15, -0.1) is 0 Å². The standard InChI is InChI=1S/C27H32NO2P/c1-3-4-12-21-20-26(21)27(22-13-11-14-23(19-22)30-2)28-31(29,24-15-7-5-8-16-24)25-17-9-6-10-18-25/h5-11,13-19,21,26-27H,3-4,12,20H2,1-2H3,(H,28,29)/t21?,26?,27-/m0/s1. The van der Waals surface area contributed by atoms with Gasteiger partial charge in [0.2, 0.25) is 7.29 Å². The summed E-state index contributed by atoms with van der Waals surface area (Å²) in [6.07, 6.45) is 4.89. The Bertz CT molecular complexity index is 978. The van der Waals surface area contributed by atoms with Crippen LogP contribution in [-0.2, 0) is 4.57 Å². The SMILES string of the molecule is CCCCC1CC1[C@@H](NP(=O)(c1ccccc1)c1ccccc1)c1cccc(OC)c1. The van der Waals surface area contributed by atoms with Crippen LogP contribution in [0, 0.1) is 11.8 Å². The lowest BCUT2D eigenvalue weighted by atomic mass is 10.0. The van der Waals surface area contributed by atoms with Gasteiger partial charge in [0, 0.05) is 16.7 Å². The molecule has 3 aromatic carbocycles. The Morgan fingerprint density at radius 2 is 1.61 bits per heavy atom. The van der Waals surface area contributed by atoms with Crippen molar-refractivity contribution in [2.75, 3.05) is 7.11 Å². The summed E-state index contributed by atoms with van der Waals surface area (Å²) >= 11 is 0. The van der Waals surface area contributed by atoms with Crippen LogP contribution in [0.25, 0.3) is 0 Å². The van der Waals surface area contributed by atoms with Gasteiger partial charge >= 0.3 is 0 Å². The normalized spacial score (nSPS) is 19.0. The van der Waals surface area contributed by atoms with Gasteiger partial charge in [-0.05, 0) is 60.2 Å². The molecule has 0 aromatic heterocycles. The highest BCUT2D eigenvalue weighted by molar-refractivity contribution is 7.76. The van der Waals surface area contributed by atoms with Gasteiger partial charge in [0.1, 0.15) is 5.75 Å². The molecule has 1 aliphatic rings. The molecule has 0 saturated heterocycles. The van der Waals surface area contributed by atoms with E-state index in [-0.39, 0.29) is 6.04 Å². The summed E-state index contributed by atoms with van der Waals surface area (Å²) in [5.74, 6) is 2.01. The maximum Gasteiger partial charge on any atom is 0.205 e. The van der Waals surface area contributed by atoms with Crippen molar-refractivity contribution in [1.82, 2.24) is 5.09 Å². The smallest absolute Gasteiger partial charge is 0.205 e. The number of rotatable bonds is 10. The number of methoxy groups -OCH3 is 1. The van der Waals surface area contributed by atoms with Gasteiger partial charge < -0.3 is 4.74 Å². The van der Waals surface area contributed by atoms with Crippen molar-refractivity contribution in [3.8, 4) is 5.75 Å². The second-order valence-corrected chi connectivity index (χ2v) is 11.0. The lowest BCUT2D eigenvalue weighted by Crippen LogP contribution is -2.32. The monoisotopic (exact) mass is 433 g/mol. The predicted octanol–water partition coefficient (Wildman–Crippen LogP) is 6.08. The second-order valence-electron chi connectivity index (χ2n) is 8.47. The molecule has 0 amide bonds. The minimum absolute atomic E-state index is 0.0169. The summed E-state index contributed by atoms with van der Waals surface area (Å²) in [5, 5.41) is 5.39. The fourth-order valence-corrected chi connectivity index (χ4v) is 7.01. The highest BCUT2D eigenvalue weighted by atomic mass is 31.2. The topological polar surface area (TPSA) is 38.3 Å². The van der Waals surface area contributed by atoms with E-state index in [1.165, 1.54) is 25.7 Å². The molecule has 3 aromatic rings. The lowest BCUT2D eigenvalue weighted by molar-refractivity contribution is 0.412. The summed E-state index contributed by atoms with van der Waals surface area (Å²) in [6, 6.07) is 28.0. The average Bonchev–Trinajstić information content (AvgIpc) is 3.61. The van der Waals surface area contributed by atoms with Crippen LogP contribution < -0.4 is 20.4 Å². The van der Waals surface area contributed by atoms with Gasteiger partial charge in [-0.25, -0.2) is 0 Å². The third kappa shape index (κ3) is 4.95. The summed E-state index contributed by atoms with van der Waals surface area (Å²) < 4.78 is 20.2. The van der Waals surface area contributed by atoms with E-state index < -0.39 is 7.29 Å². The van der Waals surface area contributed by atoms with Crippen molar-refractivity contribution < 1.29 is 9.30 Å². The van der Waals surface area contributed by atoms with Crippen LogP contribution in [0.4, 0.5) is 0 Å². The van der Waals surface area contributed by atoms with Crippen LogP contribution in [0.1, 0.15) is 44.2 Å². The highest BCUT2D eigenvalue weighted by Gasteiger charge is 2.45. The number of hydrogen-bond donors (Lipinski definition) is 1. The van der Waals surface area contributed by atoms with Crippen molar-refractivity contribution >= 4 is 17.9 Å². The first kappa shape index (κ1) is 21.9. The van der Waals surface area contributed by atoms with Gasteiger partial charge in [0.15, 0.2) is 0 Å². The van der Waals surface area contributed by atoms with Crippen molar-refractivity contribution in [1.29, 1.82) is 0 Å². The van der Waals surface area contributed by atoms with Crippen LogP contribution >= 0.6 is 7.29 Å². The number of unbranched alkanes of at least 4 members (excludes halogenated alkanes) is 1. The first-order valence-electron chi connectivity index (χ1n) is 11.3. The quantitative estimate of drug-likeness (QED) is 0.394. The Labute approximate surface area is 186 Å². The molecule has 2 unspecified atom stereocenters. The molecule has 1 fully saturated rings. The number of hydrogen-bond acceptors (Lipinski definition) is 2. The minimum atomic E-state index is -3.03. The number of nitrogens with one attached hydrogen (secondary N) is 1. The maximum absolute atomic E-state index is 14.7.